The van der Waals surface area contributed by atoms with Crippen LogP contribution in [0, 0.1) is 0 Å². The van der Waals surface area contributed by atoms with Gasteiger partial charge in [-0.15, -0.1) is 0 Å². The van der Waals surface area contributed by atoms with E-state index < -0.39 is 0 Å². The molecule has 0 atom stereocenters. The zero-order chi connectivity index (χ0) is 10.5. The molecule has 0 spiro atoms. The van der Waals surface area contributed by atoms with Gasteiger partial charge in [0.25, 0.3) is 6.47 Å². The normalized spacial score (nSPS) is 9.23. The zero-order valence-electron chi connectivity index (χ0n) is 8.25. The van der Waals surface area contributed by atoms with Crippen molar-refractivity contribution in [3.05, 3.63) is 37.0 Å². The molecule has 0 aromatic carbocycles. The lowest BCUT2D eigenvalue weighted by atomic mass is 10.2. The van der Waals surface area contributed by atoms with E-state index in [0.717, 1.165) is 5.57 Å². The maximum atomic E-state index is 9.72. The highest BCUT2D eigenvalue weighted by molar-refractivity contribution is 5.38. The Bertz CT molecular complexity index is 174. The summed E-state index contributed by atoms with van der Waals surface area (Å²) in [6, 6.07) is 0. The molecule has 0 unspecified atom stereocenters. The van der Waals surface area contributed by atoms with Crippen LogP contribution in [0.4, 0.5) is 0 Å². The molecule has 0 aromatic rings. The van der Waals surface area contributed by atoms with E-state index in [1.807, 2.05) is 14.1 Å². The summed E-state index contributed by atoms with van der Waals surface area (Å²) in [4.78, 5) is 9.72. The third-order valence-electron chi connectivity index (χ3n) is 0.912. The van der Waals surface area contributed by atoms with Crippen molar-refractivity contribution < 1.29 is 9.53 Å². The van der Waals surface area contributed by atoms with Gasteiger partial charge in [0.15, 0.2) is 0 Å². The molecule has 13 heavy (non-hydrogen) atoms. The third kappa shape index (κ3) is 13.6. The molecule has 3 nitrogen and oxygen atoms in total. The molecule has 0 aromatic heterocycles. The Morgan fingerprint density at radius 2 is 2.00 bits per heavy atom. The van der Waals surface area contributed by atoms with Gasteiger partial charge >= 0.3 is 0 Å². The molecule has 0 aliphatic rings. The average Bonchev–Trinajstić information content (AvgIpc) is 2.13. The first kappa shape index (κ1) is 14.2. The largest absolute Gasteiger partial charge is 0.463 e. The molecule has 74 valence electrons. The Morgan fingerprint density at radius 3 is 2.31 bits per heavy atom. The van der Waals surface area contributed by atoms with E-state index >= 15 is 0 Å². The Hall–Kier alpha value is -1.35. The van der Waals surface area contributed by atoms with E-state index in [1.165, 1.54) is 0 Å². The molecule has 0 saturated heterocycles. The standard InChI is InChI=1S/C8H10O2.C2H7N/c1-3-5-8(4-2)6-10-7-9;1-3-2/h3-5,7H,1-2,6H2;3H,1-2H3/b8-5+;. The highest BCUT2D eigenvalue weighted by Crippen LogP contribution is 1.95. The van der Waals surface area contributed by atoms with Gasteiger partial charge in [-0.05, 0) is 19.7 Å². The first-order valence-corrected chi connectivity index (χ1v) is 3.84. The van der Waals surface area contributed by atoms with Crippen molar-refractivity contribution in [3.63, 3.8) is 0 Å². The quantitative estimate of drug-likeness (QED) is 0.515. The number of ether oxygens (including phenoxy) is 1. The van der Waals surface area contributed by atoms with E-state index in [2.05, 4.69) is 23.2 Å². The SMILES string of the molecule is C=C/C=C(\C=C)COC=O.CNC. The molecule has 3 heteroatoms. The van der Waals surface area contributed by atoms with Crippen molar-refractivity contribution in [1.29, 1.82) is 0 Å². The van der Waals surface area contributed by atoms with Gasteiger partial charge in [0.1, 0.15) is 6.61 Å². The van der Waals surface area contributed by atoms with E-state index in [1.54, 1.807) is 18.2 Å². The number of nitrogens with one attached hydrogen (secondary N) is 1. The number of carbonyl (C=O) groups excluding carboxylic acids is 1. The average molecular weight is 183 g/mol. The van der Waals surface area contributed by atoms with Crippen molar-refractivity contribution in [3.8, 4) is 0 Å². The van der Waals surface area contributed by atoms with E-state index in [-0.39, 0.29) is 6.61 Å². The van der Waals surface area contributed by atoms with Crippen LogP contribution in [0.3, 0.4) is 0 Å². The predicted octanol–water partition coefficient (Wildman–Crippen LogP) is 1.29. The fraction of sp³-hybridized carbons (Fsp3) is 0.300. The van der Waals surface area contributed by atoms with Crippen molar-refractivity contribution in [2.24, 2.45) is 0 Å². The zero-order valence-corrected chi connectivity index (χ0v) is 8.25. The third-order valence-corrected chi connectivity index (χ3v) is 0.912. The molecule has 0 rings (SSSR count). The van der Waals surface area contributed by atoms with Gasteiger partial charge in [0, 0.05) is 0 Å². The number of rotatable bonds is 5. The lowest BCUT2D eigenvalue weighted by Crippen LogP contribution is -1.92. The van der Waals surface area contributed by atoms with E-state index in [0.29, 0.717) is 6.47 Å². The highest BCUT2D eigenvalue weighted by atomic mass is 16.5. The van der Waals surface area contributed by atoms with Crippen molar-refractivity contribution in [2.75, 3.05) is 20.7 Å². The number of hydrogen-bond acceptors (Lipinski definition) is 3. The molecule has 0 amide bonds. The van der Waals surface area contributed by atoms with Gasteiger partial charge in [-0.1, -0.05) is 31.4 Å². The van der Waals surface area contributed by atoms with Crippen LogP contribution in [-0.4, -0.2) is 27.2 Å². The van der Waals surface area contributed by atoms with Crippen molar-refractivity contribution in [1.82, 2.24) is 5.32 Å². The van der Waals surface area contributed by atoms with Gasteiger partial charge in [-0.2, -0.15) is 0 Å². The molecular formula is C10H17NO2. The molecule has 0 aliphatic carbocycles. The molecular weight excluding hydrogens is 166 g/mol. The van der Waals surface area contributed by atoms with Crippen LogP contribution in [-0.2, 0) is 9.53 Å². The number of carbonyl (C=O) groups is 1. The fourth-order valence-corrected chi connectivity index (χ4v) is 0.457. The Balaban J connectivity index is 0. The molecule has 0 aliphatic heterocycles. The molecule has 0 heterocycles. The minimum absolute atomic E-state index is 0.263. The molecule has 1 N–H and O–H groups in total. The summed E-state index contributed by atoms with van der Waals surface area (Å²) >= 11 is 0. The van der Waals surface area contributed by atoms with Crippen LogP contribution in [0.5, 0.6) is 0 Å². The van der Waals surface area contributed by atoms with Crippen LogP contribution < -0.4 is 5.32 Å². The van der Waals surface area contributed by atoms with Crippen LogP contribution in [0.1, 0.15) is 0 Å². The van der Waals surface area contributed by atoms with Crippen LogP contribution in [0.15, 0.2) is 37.0 Å². The van der Waals surface area contributed by atoms with E-state index in [9.17, 15) is 4.79 Å². The Labute approximate surface area is 79.8 Å². The maximum absolute atomic E-state index is 9.72. The summed E-state index contributed by atoms with van der Waals surface area (Å²) < 4.78 is 4.47. The Morgan fingerprint density at radius 1 is 1.46 bits per heavy atom. The minimum atomic E-state index is 0.263. The van der Waals surface area contributed by atoms with Gasteiger partial charge in [-0.25, -0.2) is 0 Å². The summed E-state index contributed by atoms with van der Waals surface area (Å²) in [6.07, 6.45) is 4.97. The molecule has 0 saturated carbocycles. The lowest BCUT2D eigenvalue weighted by Gasteiger charge is -1.96. The molecule has 0 bridgehead atoms. The summed E-state index contributed by atoms with van der Waals surface area (Å²) in [5.74, 6) is 0. The first-order valence-electron chi connectivity index (χ1n) is 3.84. The first-order chi connectivity index (χ1) is 6.26. The topological polar surface area (TPSA) is 38.3 Å². The van der Waals surface area contributed by atoms with Gasteiger partial charge in [0.05, 0.1) is 0 Å². The second-order valence-electron chi connectivity index (χ2n) is 2.09. The van der Waals surface area contributed by atoms with Crippen LogP contribution in [0.25, 0.3) is 0 Å². The second kappa shape index (κ2) is 13.3. The highest BCUT2D eigenvalue weighted by Gasteiger charge is 1.87. The maximum Gasteiger partial charge on any atom is 0.293 e. The smallest absolute Gasteiger partial charge is 0.293 e. The van der Waals surface area contributed by atoms with Gasteiger partial charge < -0.3 is 10.1 Å². The van der Waals surface area contributed by atoms with Crippen molar-refractivity contribution in [2.45, 2.75) is 0 Å². The Kier molecular flexibility index (Phi) is 14.5. The predicted molar refractivity (Wildman–Crippen MR) is 55.5 cm³/mol. The monoisotopic (exact) mass is 183 g/mol. The van der Waals surface area contributed by atoms with Crippen LogP contribution in [0.2, 0.25) is 0 Å². The summed E-state index contributed by atoms with van der Waals surface area (Å²) in [6.45, 7) is 7.68. The summed E-state index contributed by atoms with van der Waals surface area (Å²) in [5, 5.41) is 2.75. The number of hydrogen-bond donors (Lipinski definition) is 1. The molecule has 0 fully saturated rings. The van der Waals surface area contributed by atoms with E-state index in [4.69, 9.17) is 0 Å². The minimum Gasteiger partial charge on any atom is -0.463 e. The number of allylic oxidation sites excluding steroid dienone is 2. The molecule has 0 radical (unpaired) electrons. The fourth-order valence-electron chi connectivity index (χ4n) is 0.457. The van der Waals surface area contributed by atoms with Gasteiger partial charge in [-0.3, -0.25) is 4.79 Å². The van der Waals surface area contributed by atoms with Gasteiger partial charge in [0.2, 0.25) is 0 Å². The summed E-state index contributed by atoms with van der Waals surface area (Å²) in [5.41, 5.74) is 0.835. The second-order valence-corrected chi connectivity index (χ2v) is 2.09. The van der Waals surface area contributed by atoms with Crippen molar-refractivity contribution >= 4 is 6.47 Å². The summed E-state index contributed by atoms with van der Waals surface area (Å²) in [7, 11) is 3.75. The lowest BCUT2D eigenvalue weighted by molar-refractivity contribution is -0.127. The van der Waals surface area contributed by atoms with Crippen LogP contribution >= 0.6 is 0 Å².